The molecule has 0 saturated heterocycles. The third kappa shape index (κ3) is 4.82. The molecule has 5 nitrogen and oxygen atoms in total. The van der Waals surface area contributed by atoms with Crippen LogP contribution in [-0.4, -0.2) is 16.6 Å². The number of thioether (sulfide) groups is 1. The van der Waals surface area contributed by atoms with Crippen LogP contribution in [0.3, 0.4) is 0 Å². The highest BCUT2D eigenvalue weighted by Gasteiger charge is 2.16. The van der Waals surface area contributed by atoms with Gasteiger partial charge in [-0.25, -0.2) is 4.39 Å². The number of hydrogen-bond donors (Lipinski definition) is 1. The Bertz CT molecular complexity index is 774. The molecule has 0 spiro atoms. The molecule has 0 unspecified atom stereocenters. The number of hydrogen-bond acceptors (Lipinski definition) is 4. The van der Waals surface area contributed by atoms with Crippen molar-refractivity contribution in [3.8, 4) is 0 Å². The molecule has 0 aromatic heterocycles. The van der Waals surface area contributed by atoms with E-state index in [4.69, 9.17) is 23.2 Å². The van der Waals surface area contributed by atoms with E-state index in [0.29, 0.717) is 4.90 Å². The van der Waals surface area contributed by atoms with Crippen molar-refractivity contribution in [1.82, 2.24) is 0 Å². The van der Waals surface area contributed by atoms with Crippen LogP contribution in [0.1, 0.15) is 0 Å². The molecule has 120 valence electrons. The number of benzene rings is 2. The molecule has 2 rings (SSSR count). The number of nitrogens with one attached hydrogen (secondary N) is 1. The van der Waals surface area contributed by atoms with E-state index >= 15 is 0 Å². The minimum Gasteiger partial charge on any atom is -0.320 e. The quantitative estimate of drug-likeness (QED) is 0.464. The highest BCUT2D eigenvalue weighted by molar-refractivity contribution is 8.00. The molecule has 0 radical (unpaired) electrons. The van der Waals surface area contributed by atoms with Crippen molar-refractivity contribution in [3.63, 3.8) is 0 Å². The molecule has 9 heteroatoms. The lowest BCUT2D eigenvalue weighted by atomic mass is 10.2. The lowest BCUT2D eigenvalue weighted by Crippen LogP contribution is -2.15. The van der Waals surface area contributed by atoms with Gasteiger partial charge in [-0.1, -0.05) is 23.2 Å². The number of carbonyl (C=O) groups is 1. The summed E-state index contributed by atoms with van der Waals surface area (Å²) < 4.78 is 13.0. The Morgan fingerprint density at radius 1 is 1.26 bits per heavy atom. The van der Waals surface area contributed by atoms with Gasteiger partial charge in [-0.15, -0.1) is 11.8 Å². The zero-order valence-corrected chi connectivity index (χ0v) is 13.7. The fourth-order valence-corrected chi connectivity index (χ4v) is 2.81. The Labute approximate surface area is 144 Å². The summed E-state index contributed by atoms with van der Waals surface area (Å²) in [5, 5.41) is 13.6. The molecule has 23 heavy (non-hydrogen) atoms. The highest BCUT2D eigenvalue weighted by Crippen LogP contribution is 2.28. The summed E-state index contributed by atoms with van der Waals surface area (Å²) in [5.41, 5.74) is -0.234. The van der Waals surface area contributed by atoms with E-state index < -0.39 is 16.6 Å². The van der Waals surface area contributed by atoms with Crippen molar-refractivity contribution in [1.29, 1.82) is 0 Å². The Balaban J connectivity index is 2.02. The molecule has 0 heterocycles. The molecular formula is C14H9Cl2FN2O3S. The van der Waals surface area contributed by atoms with E-state index in [1.807, 2.05) is 0 Å². The molecule has 2 aromatic rings. The first kappa shape index (κ1) is 17.5. The molecule has 0 saturated carbocycles. The molecule has 0 atom stereocenters. The highest BCUT2D eigenvalue weighted by atomic mass is 35.5. The third-order valence-corrected chi connectivity index (χ3v) is 4.21. The van der Waals surface area contributed by atoms with Crippen molar-refractivity contribution >= 4 is 52.2 Å². The van der Waals surface area contributed by atoms with E-state index in [9.17, 15) is 19.3 Å². The molecule has 0 aliphatic rings. The molecule has 1 N–H and O–H groups in total. The van der Waals surface area contributed by atoms with Gasteiger partial charge in [0.05, 0.1) is 15.7 Å². The van der Waals surface area contributed by atoms with Gasteiger partial charge >= 0.3 is 0 Å². The minimum atomic E-state index is -0.631. The third-order valence-electron chi connectivity index (χ3n) is 2.69. The van der Waals surface area contributed by atoms with Gasteiger partial charge in [0.1, 0.15) is 11.5 Å². The first-order valence-corrected chi connectivity index (χ1v) is 7.92. The molecule has 0 bridgehead atoms. The molecule has 0 aliphatic heterocycles. The minimum absolute atomic E-state index is 0.0122. The summed E-state index contributed by atoms with van der Waals surface area (Å²) >= 11 is 12.5. The van der Waals surface area contributed by atoms with Gasteiger partial charge in [-0.05, 0) is 30.3 Å². The van der Waals surface area contributed by atoms with Crippen molar-refractivity contribution < 1.29 is 14.1 Å². The lowest BCUT2D eigenvalue weighted by molar-refractivity contribution is -0.383. The number of nitro benzene ring substituents is 1. The Morgan fingerprint density at radius 3 is 2.65 bits per heavy atom. The van der Waals surface area contributed by atoms with E-state index in [-0.39, 0.29) is 27.2 Å². The van der Waals surface area contributed by atoms with E-state index in [0.717, 1.165) is 17.8 Å². The van der Waals surface area contributed by atoms with Gasteiger partial charge in [0.2, 0.25) is 5.91 Å². The lowest BCUT2D eigenvalue weighted by Gasteiger charge is -2.06. The molecule has 0 aliphatic carbocycles. The maximum Gasteiger partial charge on any atom is 0.294 e. The summed E-state index contributed by atoms with van der Waals surface area (Å²) in [6, 6.07) is 8.05. The molecule has 2 aromatic carbocycles. The fourth-order valence-electron chi connectivity index (χ4n) is 1.66. The van der Waals surface area contributed by atoms with Crippen molar-refractivity contribution in [2.24, 2.45) is 0 Å². The van der Waals surface area contributed by atoms with Crippen LogP contribution in [0.4, 0.5) is 15.8 Å². The predicted molar refractivity (Wildman–Crippen MR) is 88.9 cm³/mol. The zero-order valence-electron chi connectivity index (χ0n) is 11.4. The topological polar surface area (TPSA) is 72.2 Å². The first-order chi connectivity index (χ1) is 10.9. The number of nitrogens with zero attached hydrogens (tertiary/aromatic N) is 1. The summed E-state index contributed by atoms with van der Waals surface area (Å²) in [5.74, 6) is -1.00. The summed E-state index contributed by atoms with van der Waals surface area (Å²) in [6.07, 6.45) is 0. The molecule has 1 amide bonds. The van der Waals surface area contributed by atoms with E-state index in [2.05, 4.69) is 5.32 Å². The van der Waals surface area contributed by atoms with E-state index in [1.165, 1.54) is 30.3 Å². The van der Waals surface area contributed by atoms with Gasteiger partial charge in [0.15, 0.2) is 0 Å². The molecule has 0 fully saturated rings. The van der Waals surface area contributed by atoms with Gasteiger partial charge in [-0.2, -0.15) is 0 Å². The number of halogens is 3. The van der Waals surface area contributed by atoms with Crippen LogP contribution < -0.4 is 5.32 Å². The standard InChI is InChI=1S/C14H9Cl2FN2O3S/c15-8-1-4-12(13(5-8)19(21)22)18-14(20)7-23-9-2-3-11(17)10(16)6-9/h1-6H,7H2,(H,18,20). The monoisotopic (exact) mass is 374 g/mol. The van der Waals surface area contributed by atoms with Gasteiger partial charge in [0.25, 0.3) is 5.69 Å². The number of amides is 1. The van der Waals surface area contributed by atoms with Crippen LogP contribution in [0.15, 0.2) is 41.3 Å². The van der Waals surface area contributed by atoms with E-state index in [1.54, 1.807) is 0 Å². The summed E-state index contributed by atoms with van der Waals surface area (Å²) in [6.45, 7) is 0. The van der Waals surface area contributed by atoms with Crippen LogP contribution in [-0.2, 0) is 4.79 Å². The average Bonchev–Trinajstić information content (AvgIpc) is 2.50. The van der Waals surface area contributed by atoms with Crippen molar-refractivity contribution in [2.45, 2.75) is 4.90 Å². The Hall–Kier alpha value is -1.83. The number of carbonyl (C=O) groups excluding carboxylic acids is 1. The smallest absolute Gasteiger partial charge is 0.294 e. The van der Waals surface area contributed by atoms with Crippen LogP contribution in [0.25, 0.3) is 0 Å². The Kier molecular flexibility index (Phi) is 5.81. The van der Waals surface area contributed by atoms with Crippen LogP contribution >= 0.6 is 35.0 Å². The second-order valence-corrected chi connectivity index (χ2v) is 6.22. The van der Waals surface area contributed by atoms with Crippen LogP contribution in [0.5, 0.6) is 0 Å². The van der Waals surface area contributed by atoms with Gasteiger partial charge < -0.3 is 5.32 Å². The maximum absolute atomic E-state index is 13.0. The number of anilines is 1. The molecular weight excluding hydrogens is 366 g/mol. The maximum atomic E-state index is 13.0. The first-order valence-electron chi connectivity index (χ1n) is 6.18. The van der Waals surface area contributed by atoms with Crippen molar-refractivity contribution in [2.75, 3.05) is 11.1 Å². The second-order valence-electron chi connectivity index (χ2n) is 4.33. The largest absolute Gasteiger partial charge is 0.320 e. The summed E-state index contributed by atoms with van der Waals surface area (Å²) in [7, 11) is 0. The van der Waals surface area contributed by atoms with Crippen LogP contribution in [0, 0.1) is 15.9 Å². The van der Waals surface area contributed by atoms with Crippen LogP contribution in [0.2, 0.25) is 10.0 Å². The summed E-state index contributed by atoms with van der Waals surface area (Å²) in [4.78, 5) is 22.8. The Morgan fingerprint density at radius 2 is 2.00 bits per heavy atom. The van der Waals surface area contributed by atoms with Gasteiger partial charge in [0, 0.05) is 16.0 Å². The second kappa shape index (κ2) is 7.63. The van der Waals surface area contributed by atoms with Gasteiger partial charge in [-0.3, -0.25) is 14.9 Å². The van der Waals surface area contributed by atoms with Crippen molar-refractivity contribution in [3.05, 3.63) is 62.4 Å². The number of nitro groups is 1. The number of rotatable bonds is 5. The zero-order chi connectivity index (χ0) is 17.0. The normalized spacial score (nSPS) is 10.4. The fraction of sp³-hybridized carbons (Fsp3) is 0.0714. The average molecular weight is 375 g/mol. The predicted octanol–water partition coefficient (Wildman–Crippen LogP) is 4.77. The SMILES string of the molecule is O=C(CSc1ccc(F)c(Cl)c1)Nc1ccc(Cl)cc1[N+](=O)[O-].